The Hall–Kier alpha value is -3.43. The van der Waals surface area contributed by atoms with Crippen LogP contribution in [0.2, 0.25) is 0 Å². The molecule has 2 aromatic carbocycles. The molecule has 9 nitrogen and oxygen atoms in total. The maximum Gasteiger partial charge on any atom is 0.416 e. The maximum atomic E-state index is 14.3. The summed E-state index contributed by atoms with van der Waals surface area (Å²) in [6.07, 6.45) is -6.75. The molecule has 0 aliphatic carbocycles. The summed E-state index contributed by atoms with van der Waals surface area (Å²) in [4.78, 5) is -0.739. The third-order valence-electron chi connectivity index (χ3n) is 5.52. The molecule has 198 valence electrons. The van der Waals surface area contributed by atoms with Crippen molar-refractivity contribution in [1.82, 2.24) is 4.31 Å². The first-order chi connectivity index (χ1) is 17.2. The fourth-order valence-electron chi connectivity index (χ4n) is 3.68. The van der Waals surface area contributed by atoms with Crippen LogP contribution in [0.3, 0.4) is 0 Å². The number of aliphatic hydroxyl groups excluding tert-OH is 1. The molecule has 2 N–H and O–H groups in total. The summed E-state index contributed by atoms with van der Waals surface area (Å²) in [6.45, 7) is 0.921. The molecule has 2 atom stereocenters. The van der Waals surface area contributed by atoms with Gasteiger partial charge in [0.1, 0.15) is 29.7 Å². The van der Waals surface area contributed by atoms with Crippen molar-refractivity contribution in [3.63, 3.8) is 0 Å². The molecule has 1 aliphatic heterocycles. The van der Waals surface area contributed by atoms with Gasteiger partial charge in [-0.2, -0.15) is 28.0 Å². The molecule has 1 aliphatic rings. The number of halogens is 4. The fourth-order valence-corrected chi connectivity index (χ4v) is 5.30. The van der Waals surface area contributed by atoms with Crippen molar-refractivity contribution >= 4 is 10.0 Å². The highest BCUT2D eigenvalue weighted by molar-refractivity contribution is 7.89. The minimum atomic E-state index is -4.82. The number of alkyl halides is 3. The van der Waals surface area contributed by atoms with E-state index >= 15 is 0 Å². The van der Waals surface area contributed by atoms with E-state index in [1.807, 2.05) is 0 Å². The van der Waals surface area contributed by atoms with Crippen LogP contribution in [-0.4, -0.2) is 60.4 Å². The van der Waals surface area contributed by atoms with Crippen molar-refractivity contribution < 1.29 is 45.7 Å². The minimum absolute atomic E-state index is 0.0796. The third-order valence-corrected chi connectivity index (χ3v) is 7.39. The van der Waals surface area contributed by atoms with Crippen molar-refractivity contribution in [3.8, 4) is 23.6 Å². The number of sulfonamides is 1. The van der Waals surface area contributed by atoms with E-state index in [9.17, 15) is 41.5 Å². The van der Waals surface area contributed by atoms with Gasteiger partial charge >= 0.3 is 6.18 Å². The monoisotopic (exact) mass is 543 g/mol. The van der Waals surface area contributed by atoms with E-state index in [4.69, 9.17) is 14.7 Å². The first kappa shape index (κ1) is 28.1. The molecule has 14 heteroatoms. The summed E-state index contributed by atoms with van der Waals surface area (Å²) in [5.74, 6) is -1.34. The SMILES string of the molecule is CC(C)Oc1cc(C#N)c(F)cc1O[C@H]1CN(S(=O)(=O)c2ccc(C(F)(F)F)cc2C#N)C[C@@]1(O)CO. The Labute approximate surface area is 209 Å². The highest BCUT2D eigenvalue weighted by atomic mass is 32.2. The molecule has 0 amide bonds. The first-order valence-corrected chi connectivity index (χ1v) is 12.1. The van der Waals surface area contributed by atoms with Crippen LogP contribution in [0.1, 0.15) is 30.5 Å². The smallest absolute Gasteiger partial charge is 0.416 e. The molecule has 0 saturated carbocycles. The Bertz CT molecular complexity index is 1380. The van der Waals surface area contributed by atoms with Gasteiger partial charge in [0, 0.05) is 18.7 Å². The van der Waals surface area contributed by atoms with Gasteiger partial charge in [-0.3, -0.25) is 0 Å². The summed E-state index contributed by atoms with van der Waals surface area (Å²) in [6, 6.07) is 6.48. The Morgan fingerprint density at radius 1 is 1.16 bits per heavy atom. The van der Waals surface area contributed by atoms with E-state index in [1.165, 1.54) is 6.07 Å². The molecule has 1 saturated heterocycles. The van der Waals surface area contributed by atoms with Gasteiger partial charge in [-0.05, 0) is 32.0 Å². The molecule has 0 spiro atoms. The quantitative estimate of drug-likeness (QED) is 0.507. The summed E-state index contributed by atoms with van der Waals surface area (Å²) in [7, 11) is -4.65. The van der Waals surface area contributed by atoms with E-state index < -0.39 is 75.5 Å². The van der Waals surface area contributed by atoms with Crippen LogP contribution >= 0.6 is 0 Å². The number of nitrogens with zero attached hydrogens (tertiary/aromatic N) is 3. The van der Waals surface area contributed by atoms with Gasteiger partial charge in [0.15, 0.2) is 11.5 Å². The molecular formula is C23H21F4N3O6S. The lowest BCUT2D eigenvalue weighted by atomic mass is 10.0. The van der Waals surface area contributed by atoms with Crippen molar-refractivity contribution in [2.45, 2.75) is 42.7 Å². The zero-order valence-electron chi connectivity index (χ0n) is 19.5. The number of benzene rings is 2. The zero-order valence-corrected chi connectivity index (χ0v) is 20.3. The average Bonchev–Trinajstić information content (AvgIpc) is 3.16. The summed E-state index contributed by atoms with van der Waals surface area (Å²) < 4.78 is 91.7. The second-order valence-electron chi connectivity index (χ2n) is 8.54. The summed E-state index contributed by atoms with van der Waals surface area (Å²) in [5, 5.41) is 39.2. The molecule has 0 unspecified atom stereocenters. The van der Waals surface area contributed by atoms with Crippen LogP contribution < -0.4 is 9.47 Å². The lowest BCUT2D eigenvalue weighted by Gasteiger charge is -2.28. The van der Waals surface area contributed by atoms with Crippen molar-refractivity contribution in [3.05, 3.63) is 52.8 Å². The van der Waals surface area contributed by atoms with Crippen molar-refractivity contribution in [1.29, 1.82) is 10.5 Å². The van der Waals surface area contributed by atoms with Crippen molar-refractivity contribution in [2.75, 3.05) is 19.7 Å². The number of hydrogen-bond donors (Lipinski definition) is 2. The van der Waals surface area contributed by atoms with Gasteiger partial charge in [-0.15, -0.1) is 0 Å². The van der Waals surface area contributed by atoms with Gasteiger partial charge in [0.05, 0.1) is 40.8 Å². The number of nitriles is 2. The Morgan fingerprint density at radius 3 is 2.35 bits per heavy atom. The van der Waals surface area contributed by atoms with Gasteiger partial charge in [-0.25, -0.2) is 12.8 Å². The molecule has 1 fully saturated rings. The zero-order chi connectivity index (χ0) is 27.8. The summed E-state index contributed by atoms with van der Waals surface area (Å²) >= 11 is 0. The third kappa shape index (κ3) is 5.62. The van der Waals surface area contributed by atoms with E-state index in [1.54, 1.807) is 19.9 Å². The molecule has 0 aromatic heterocycles. The van der Waals surface area contributed by atoms with Gasteiger partial charge < -0.3 is 19.7 Å². The Morgan fingerprint density at radius 2 is 1.81 bits per heavy atom. The van der Waals surface area contributed by atoms with Crippen LogP contribution in [0, 0.1) is 28.5 Å². The second-order valence-corrected chi connectivity index (χ2v) is 10.4. The number of ether oxygens (including phenoxy) is 2. The molecule has 0 bridgehead atoms. The van der Waals surface area contributed by atoms with Crippen LogP contribution in [0.5, 0.6) is 11.5 Å². The van der Waals surface area contributed by atoms with Gasteiger partial charge in [-0.1, -0.05) is 0 Å². The first-order valence-electron chi connectivity index (χ1n) is 10.7. The second kappa shape index (κ2) is 10.1. The molecule has 0 radical (unpaired) electrons. The number of hydrogen-bond acceptors (Lipinski definition) is 8. The van der Waals surface area contributed by atoms with Crippen LogP contribution in [-0.2, 0) is 16.2 Å². The van der Waals surface area contributed by atoms with Crippen LogP contribution in [0.4, 0.5) is 17.6 Å². The van der Waals surface area contributed by atoms with E-state index in [0.717, 1.165) is 12.1 Å². The molecule has 1 heterocycles. The predicted octanol–water partition coefficient (Wildman–Crippen LogP) is 2.55. The lowest BCUT2D eigenvalue weighted by Crippen LogP contribution is -2.48. The van der Waals surface area contributed by atoms with E-state index in [0.29, 0.717) is 22.5 Å². The average molecular weight is 543 g/mol. The maximum absolute atomic E-state index is 14.3. The van der Waals surface area contributed by atoms with Crippen molar-refractivity contribution in [2.24, 2.45) is 0 Å². The fraction of sp³-hybridized carbons (Fsp3) is 0.391. The highest BCUT2D eigenvalue weighted by Crippen LogP contribution is 2.37. The van der Waals surface area contributed by atoms with Gasteiger partial charge in [0.2, 0.25) is 10.0 Å². The number of β-amino-alcohol motifs (C(OH)–C–C–N with tert-alkyl or cyclic N) is 1. The Kier molecular flexibility index (Phi) is 7.72. The molecular weight excluding hydrogens is 522 g/mol. The number of rotatable bonds is 7. The van der Waals surface area contributed by atoms with Gasteiger partial charge in [0.25, 0.3) is 0 Å². The molecule has 37 heavy (non-hydrogen) atoms. The number of aliphatic hydroxyl groups is 2. The standard InChI is InChI=1S/C23H21F4N3O6S/c1-13(2)35-18-6-14(8-28)17(24)7-19(18)36-21-10-30(11-22(21,32)12-31)37(33,34)20-4-3-16(23(25,26)27)5-15(20)9-29/h3-7,13,21,31-32H,10-12H2,1-2H3/t21-,22+/m0/s1. The lowest BCUT2D eigenvalue weighted by molar-refractivity contribution is -0.137. The van der Waals surface area contributed by atoms with Crippen LogP contribution in [0.25, 0.3) is 0 Å². The minimum Gasteiger partial charge on any atom is -0.487 e. The van der Waals surface area contributed by atoms with E-state index in [-0.39, 0.29) is 17.1 Å². The predicted molar refractivity (Wildman–Crippen MR) is 118 cm³/mol. The van der Waals surface area contributed by atoms with E-state index in [2.05, 4.69) is 0 Å². The normalized spacial score (nSPS) is 20.5. The summed E-state index contributed by atoms with van der Waals surface area (Å²) in [5.41, 5.74) is -4.57. The molecule has 2 aromatic rings. The van der Waals surface area contributed by atoms with Crippen LogP contribution in [0.15, 0.2) is 35.2 Å². The largest absolute Gasteiger partial charge is 0.487 e. The Balaban J connectivity index is 1.99. The topological polar surface area (TPSA) is 144 Å². The highest BCUT2D eigenvalue weighted by Gasteiger charge is 2.51. The molecule has 3 rings (SSSR count).